The molecule has 19 nitrogen and oxygen atoms in total. The SMILES string of the molecule is CCCCCC/C=C\C/C=C\C/C=C\CCCCCCCCC(=O)OC[C@H](COP(=O)(O)OP(=O)(O)OC[C@H]1O[C@@H](n2ccc(N)nc2=O)[C@H](O)[C@@H]1O)OC(=O)CCCCCCC/C=C\C=C\C(=O)CCCCC. The maximum atomic E-state index is 12.9. The standard InChI is InChI=1S/C53H87N3O16P2/c1-3-5-7-8-9-10-11-12-13-14-15-16-17-18-19-20-23-26-29-33-37-48(58)67-41-45(70-49(59)38-34-30-27-24-21-22-25-28-32-36-44(57)35-31-6-4-2)42-68-73(63,64)72-74(65,66)69-43-46-50(60)51(61)52(71-46)56-40-39-47(54)55-53(56)62/h10-11,13-14,16-17,25,28,32,36,39-40,45-46,50-52,60-61H,3-9,12,15,18-24,26-27,29-31,33-35,37-38,41-43H2,1-2H3,(H,63,64)(H,65,66)(H2,54,55,62)/b11-10-,14-13-,17-16-,28-25-,36-32+/t45-,46-,50-,51-,52-/m1/s1. The van der Waals surface area contributed by atoms with Gasteiger partial charge in [-0.25, -0.2) is 13.9 Å². The zero-order valence-corrected chi connectivity index (χ0v) is 45.7. The van der Waals surface area contributed by atoms with Gasteiger partial charge in [-0.2, -0.15) is 9.29 Å². The summed E-state index contributed by atoms with van der Waals surface area (Å²) in [5.41, 5.74) is 4.58. The number of nitrogens with two attached hydrogens (primary N) is 1. The molecule has 0 aromatic carbocycles. The average Bonchev–Trinajstić information content (AvgIpc) is 3.63. The summed E-state index contributed by atoms with van der Waals surface area (Å²) in [6.45, 7) is 1.94. The van der Waals surface area contributed by atoms with Crippen LogP contribution in [0, 0.1) is 0 Å². The zero-order chi connectivity index (χ0) is 54.3. The Balaban J connectivity index is 1.80. The highest BCUT2D eigenvalue weighted by atomic mass is 31.3. The van der Waals surface area contributed by atoms with Crippen LogP contribution in [0.5, 0.6) is 0 Å². The highest BCUT2D eigenvalue weighted by Gasteiger charge is 2.46. The summed E-state index contributed by atoms with van der Waals surface area (Å²) >= 11 is 0. The van der Waals surface area contributed by atoms with E-state index in [1.54, 1.807) is 12.2 Å². The van der Waals surface area contributed by atoms with E-state index < -0.39 is 83.7 Å². The van der Waals surface area contributed by atoms with Crippen LogP contribution >= 0.6 is 15.6 Å². The third-order valence-electron chi connectivity index (χ3n) is 11.8. The molecule has 1 aliphatic rings. The largest absolute Gasteiger partial charge is 0.481 e. The summed E-state index contributed by atoms with van der Waals surface area (Å²) in [6.07, 6.45) is 37.0. The molecule has 1 aromatic rings. The lowest BCUT2D eigenvalue weighted by atomic mass is 10.1. The van der Waals surface area contributed by atoms with Gasteiger partial charge in [0.2, 0.25) is 0 Å². The number of hydrogen-bond donors (Lipinski definition) is 5. The van der Waals surface area contributed by atoms with Crippen molar-refractivity contribution < 1.29 is 71.1 Å². The van der Waals surface area contributed by atoms with Gasteiger partial charge in [0, 0.05) is 25.5 Å². The van der Waals surface area contributed by atoms with Crippen molar-refractivity contribution in [3.05, 3.63) is 83.5 Å². The van der Waals surface area contributed by atoms with Crippen molar-refractivity contribution in [3.63, 3.8) is 0 Å². The molecule has 7 atom stereocenters. The predicted molar refractivity (Wildman–Crippen MR) is 284 cm³/mol. The number of hydrogen-bond acceptors (Lipinski definition) is 16. The number of unbranched alkanes of at least 4 members (excludes halogenated alkanes) is 17. The number of ketones is 1. The Kier molecular flexibility index (Phi) is 36.2. The second-order valence-electron chi connectivity index (χ2n) is 18.4. The number of aliphatic hydroxyl groups excluding tert-OH is 2. The predicted octanol–water partition coefficient (Wildman–Crippen LogP) is 10.7. The van der Waals surface area contributed by atoms with Crippen LogP contribution in [0.3, 0.4) is 0 Å². The Bertz CT molecular complexity index is 2040. The molecule has 0 bridgehead atoms. The minimum atomic E-state index is -5.45. The number of anilines is 1. The minimum absolute atomic E-state index is 0.00639. The molecule has 1 aromatic heterocycles. The third-order valence-corrected chi connectivity index (χ3v) is 14.4. The smallest absolute Gasteiger partial charge is 0.462 e. The van der Waals surface area contributed by atoms with Crippen molar-refractivity contribution in [2.24, 2.45) is 0 Å². The fraction of sp³-hybridized carbons (Fsp3) is 0.679. The molecule has 0 aliphatic carbocycles. The molecule has 0 radical (unpaired) electrons. The highest BCUT2D eigenvalue weighted by molar-refractivity contribution is 7.61. The molecule has 0 saturated carbocycles. The van der Waals surface area contributed by atoms with E-state index >= 15 is 0 Å². The average molecular weight is 1080 g/mol. The van der Waals surface area contributed by atoms with Gasteiger partial charge in [-0.3, -0.25) is 28.0 Å². The van der Waals surface area contributed by atoms with Crippen molar-refractivity contribution in [1.29, 1.82) is 0 Å². The number of aromatic nitrogens is 2. The lowest BCUT2D eigenvalue weighted by Gasteiger charge is -2.21. The fourth-order valence-electron chi connectivity index (χ4n) is 7.60. The molecule has 2 unspecified atom stereocenters. The zero-order valence-electron chi connectivity index (χ0n) is 43.9. The van der Waals surface area contributed by atoms with Crippen LogP contribution in [0.25, 0.3) is 0 Å². The van der Waals surface area contributed by atoms with Gasteiger partial charge in [0.25, 0.3) is 0 Å². The summed E-state index contributed by atoms with van der Waals surface area (Å²) in [4.78, 5) is 73.8. The number of carbonyl (C=O) groups is 3. The van der Waals surface area contributed by atoms with E-state index in [0.29, 0.717) is 19.3 Å². The number of ether oxygens (including phenoxy) is 3. The van der Waals surface area contributed by atoms with Crippen molar-refractivity contribution in [2.75, 3.05) is 25.6 Å². The Morgan fingerprint density at radius 3 is 1.84 bits per heavy atom. The Hall–Kier alpha value is -3.87. The van der Waals surface area contributed by atoms with Gasteiger partial charge < -0.3 is 39.9 Å². The molecule has 2 rings (SSSR count). The van der Waals surface area contributed by atoms with Crippen molar-refractivity contribution in [1.82, 2.24) is 9.55 Å². The topological polar surface area (TPSA) is 283 Å². The Morgan fingerprint density at radius 2 is 1.22 bits per heavy atom. The maximum Gasteiger partial charge on any atom is 0.481 e. The van der Waals surface area contributed by atoms with Crippen LogP contribution in [0.15, 0.2) is 77.8 Å². The maximum absolute atomic E-state index is 12.9. The van der Waals surface area contributed by atoms with E-state index in [-0.39, 0.29) is 24.4 Å². The van der Waals surface area contributed by atoms with Crippen LogP contribution in [0.2, 0.25) is 0 Å². The molecule has 74 heavy (non-hydrogen) atoms. The molecule has 6 N–H and O–H groups in total. The van der Waals surface area contributed by atoms with Gasteiger partial charge in [0.1, 0.15) is 30.7 Å². The first kappa shape index (κ1) is 66.2. The molecule has 0 spiro atoms. The lowest BCUT2D eigenvalue weighted by molar-refractivity contribution is -0.161. The Labute approximate surface area is 438 Å². The van der Waals surface area contributed by atoms with Crippen molar-refractivity contribution in [3.8, 4) is 0 Å². The summed E-state index contributed by atoms with van der Waals surface area (Å²) in [6, 6.07) is 1.24. The number of rotatable bonds is 44. The van der Waals surface area contributed by atoms with Crippen LogP contribution in [-0.4, -0.2) is 91.5 Å². The quantitative estimate of drug-likeness (QED) is 0.0101. The van der Waals surface area contributed by atoms with Crippen LogP contribution in [0.1, 0.15) is 187 Å². The van der Waals surface area contributed by atoms with Gasteiger partial charge >= 0.3 is 33.3 Å². The molecule has 2 heterocycles. The van der Waals surface area contributed by atoms with Gasteiger partial charge in [0.05, 0.1) is 13.2 Å². The van der Waals surface area contributed by atoms with Gasteiger partial charge in [-0.05, 0) is 82.8 Å². The normalized spacial score (nSPS) is 19.3. The van der Waals surface area contributed by atoms with Crippen molar-refractivity contribution >= 4 is 39.2 Å². The number of aliphatic hydroxyl groups is 2. The van der Waals surface area contributed by atoms with Gasteiger partial charge in [-0.1, -0.05) is 146 Å². The van der Waals surface area contributed by atoms with Gasteiger partial charge in [0.15, 0.2) is 18.1 Å². The summed E-state index contributed by atoms with van der Waals surface area (Å²) < 4.78 is 56.8. The molecule has 1 fully saturated rings. The monoisotopic (exact) mass is 1080 g/mol. The van der Waals surface area contributed by atoms with Crippen LogP contribution < -0.4 is 11.4 Å². The first-order valence-electron chi connectivity index (χ1n) is 26.8. The molecule has 420 valence electrons. The molecule has 21 heteroatoms. The first-order chi connectivity index (χ1) is 35.6. The Morgan fingerprint density at radius 1 is 0.689 bits per heavy atom. The molecular weight excluding hydrogens is 997 g/mol. The van der Waals surface area contributed by atoms with E-state index in [4.69, 9.17) is 29.0 Å². The van der Waals surface area contributed by atoms with Crippen LogP contribution in [0.4, 0.5) is 5.82 Å². The minimum Gasteiger partial charge on any atom is -0.462 e. The summed E-state index contributed by atoms with van der Waals surface area (Å²) in [7, 11) is -10.9. The summed E-state index contributed by atoms with van der Waals surface area (Å²) in [5.74, 6) is -1.25. The van der Waals surface area contributed by atoms with E-state index in [1.165, 1.54) is 31.7 Å². The molecule has 1 aliphatic heterocycles. The van der Waals surface area contributed by atoms with Gasteiger partial charge in [-0.15, -0.1) is 0 Å². The first-order valence-corrected chi connectivity index (χ1v) is 29.7. The molecular formula is C53H87N3O16P2. The van der Waals surface area contributed by atoms with E-state index in [1.807, 2.05) is 12.2 Å². The highest BCUT2D eigenvalue weighted by Crippen LogP contribution is 2.60. The second kappa shape index (κ2) is 40.4. The number of carbonyl (C=O) groups excluding carboxylic acids is 3. The fourth-order valence-corrected chi connectivity index (χ4v) is 9.71. The summed E-state index contributed by atoms with van der Waals surface area (Å²) in [5, 5.41) is 20.9. The number of phosphoric acid groups is 2. The molecule has 0 amide bonds. The van der Waals surface area contributed by atoms with E-state index in [0.717, 1.165) is 120 Å². The van der Waals surface area contributed by atoms with E-state index in [2.05, 4.69) is 59.6 Å². The number of nitrogens with zero attached hydrogens (tertiary/aromatic N) is 2. The second-order valence-corrected chi connectivity index (χ2v) is 21.4. The number of esters is 2. The van der Waals surface area contributed by atoms with Crippen molar-refractivity contribution in [2.45, 2.75) is 211 Å². The molecule has 1 saturated heterocycles. The van der Waals surface area contributed by atoms with Crippen LogP contribution in [-0.2, 0) is 51.1 Å². The lowest BCUT2D eigenvalue weighted by Crippen LogP contribution is -2.36. The third kappa shape index (κ3) is 32.5. The number of phosphoric ester groups is 2. The number of allylic oxidation sites excluding steroid dienone is 10. The number of nitrogen functional groups attached to an aromatic ring is 1. The van der Waals surface area contributed by atoms with E-state index in [9.17, 15) is 48.3 Å².